The zero-order valence-corrected chi connectivity index (χ0v) is 8.84. The smallest absolute Gasteiger partial charge is 0.339 e. The number of rotatable bonds is 4. The first-order valence-electron chi connectivity index (χ1n) is 4.61. The van der Waals surface area contributed by atoms with Crippen LogP contribution in [0.25, 0.3) is 0 Å². The quantitative estimate of drug-likeness (QED) is 0.625. The number of carboxylic acids is 1. The van der Waals surface area contributed by atoms with Gasteiger partial charge < -0.3 is 9.84 Å². The number of nitrogens with zero attached hydrogens (tertiary/aromatic N) is 1. The summed E-state index contributed by atoms with van der Waals surface area (Å²) in [6.45, 7) is 3.34. The van der Waals surface area contributed by atoms with Gasteiger partial charge in [-0.2, -0.15) is 0 Å². The molecular weight excluding hydrogens is 214 g/mol. The first-order chi connectivity index (χ1) is 7.43. The molecule has 0 radical (unpaired) electrons. The summed E-state index contributed by atoms with van der Waals surface area (Å²) in [5.41, 5.74) is -0.545. The Bertz CT molecular complexity index is 395. The molecule has 0 aromatic heterocycles. The molecule has 0 fully saturated rings. The summed E-state index contributed by atoms with van der Waals surface area (Å²) < 4.78 is 5.18. The Morgan fingerprint density at radius 2 is 2.12 bits per heavy atom. The highest BCUT2D eigenvalue weighted by atomic mass is 16.6. The maximum absolute atomic E-state index is 10.9. The lowest BCUT2D eigenvalue weighted by atomic mass is 10.1. The number of carboxylic acid groups (broad SMARTS) is 1. The molecule has 0 saturated heterocycles. The van der Waals surface area contributed by atoms with Crippen molar-refractivity contribution in [2.45, 2.75) is 20.0 Å². The molecule has 0 saturated carbocycles. The van der Waals surface area contributed by atoms with Crippen molar-refractivity contribution < 1.29 is 19.6 Å². The van der Waals surface area contributed by atoms with Gasteiger partial charge in [0.25, 0.3) is 0 Å². The normalized spacial score (nSPS) is 10.2. The van der Waals surface area contributed by atoms with Crippen LogP contribution in [0.15, 0.2) is 18.2 Å². The lowest BCUT2D eigenvalue weighted by molar-refractivity contribution is -0.386. The van der Waals surface area contributed by atoms with E-state index < -0.39 is 10.9 Å². The van der Waals surface area contributed by atoms with Crippen molar-refractivity contribution in [1.29, 1.82) is 0 Å². The van der Waals surface area contributed by atoms with Crippen LogP contribution in [-0.2, 0) is 0 Å². The van der Waals surface area contributed by atoms with Crippen LogP contribution in [0.5, 0.6) is 5.75 Å². The van der Waals surface area contributed by atoms with E-state index in [-0.39, 0.29) is 23.1 Å². The predicted molar refractivity (Wildman–Crippen MR) is 55.8 cm³/mol. The van der Waals surface area contributed by atoms with Crippen LogP contribution in [-0.4, -0.2) is 22.1 Å². The molecule has 6 heteroatoms. The molecule has 6 nitrogen and oxygen atoms in total. The van der Waals surface area contributed by atoms with E-state index in [4.69, 9.17) is 9.84 Å². The fourth-order valence-electron chi connectivity index (χ4n) is 1.20. The van der Waals surface area contributed by atoms with Crippen LogP contribution in [0.3, 0.4) is 0 Å². The standard InChI is InChI=1S/C10H11NO5/c1-6(2)16-9-7(10(12)13)4-3-5-8(9)11(14)15/h3-6H,1-2H3,(H,12,13). The van der Waals surface area contributed by atoms with Crippen LogP contribution < -0.4 is 4.74 Å². The molecule has 0 aliphatic carbocycles. The van der Waals surface area contributed by atoms with Gasteiger partial charge in [0.1, 0.15) is 5.56 Å². The maximum atomic E-state index is 10.9. The Morgan fingerprint density at radius 3 is 2.56 bits per heavy atom. The molecule has 86 valence electrons. The highest BCUT2D eigenvalue weighted by Crippen LogP contribution is 2.31. The molecule has 16 heavy (non-hydrogen) atoms. The number of benzene rings is 1. The molecule has 0 atom stereocenters. The highest BCUT2D eigenvalue weighted by Gasteiger charge is 2.23. The van der Waals surface area contributed by atoms with E-state index in [1.165, 1.54) is 18.2 Å². The number of para-hydroxylation sites is 1. The Labute approximate surface area is 91.6 Å². The summed E-state index contributed by atoms with van der Waals surface area (Å²) in [6, 6.07) is 3.80. The largest absolute Gasteiger partial charge is 0.483 e. The van der Waals surface area contributed by atoms with Crippen LogP contribution >= 0.6 is 0 Å². The molecule has 1 aromatic rings. The number of aromatic carboxylic acids is 1. The molecule has 0 heterocycles. The minimum absolute atomic E-state index is 0.199. The van der Waals surface area contributed by atoms with E-state index in [0.717, 1.165) is 0 Å². The topological polar surface area (TPSA) is 89.7 Å². The average molecular weight is 225 g/mol. The van der Waals surface area contributed by atoms with Crippen molar-refractivity contribution >= 4 is 11.7 Å². The zero-order chi connectivity index (χ0) is 12.3. The van der Waals surface area contributed by atoms with Crippen molar-refractivity contribution in [2.24, 2.45) is 0 Å². The SMILES string of the molecule is CC(C)Oc1c(C(=O)O)cccc1[N+](=O)[O-]. The molecule has 1 rings (SSSR count). The van der Waals surface area contributed by atoms with Crippen LogP contribution in [0, 0.1) is 10.1 Å². The van der Waals surface area contributed by atoms with Gasteiger partial charge in [-0.25, -0.2) is 4.79 Å². The van der Waals surface area contributed by atoms with E-state index >= 15 is 0 Å². The number of carbonyl (C=O) groups is 1. The van der Waals surface area contributed by atoms with Gasteiger partial charge in [0.05, 0.1) is 11.0 Å². The lowest BCUT2D eigenvalue weighted by Crippen LogP contribution is -2.11. The summed E-state index contributed by atoms with van der Waals surface area (Å²) in [6.07, 6.45) is -0.334. The van der Waals surface area contributed by atoms with Crippen LogP contribution in [0.1, 0.15) is 24.2 Å². The molecule has 1 aromatic carbocycles. The number of ether oxygens (including phenoxy) is 1. The minimum Gasteiger partial charge on any atom is -0.483 e. The molecule has 1 N–H and O–H groups in total. The fourth-order valence-corrected chi connectivity index (χ4v) is 1.20. The lowest BCUT2D eigenvalue weighted by Gasteiger charge is -2.11. The molecule has 0 spiro atoms. The Hall–Kier alpha value is -2.11. The van der Waals surface area contributed by atoms with E-state index in [1.54, 1.807) is 13.8 Å². The van der Waals surface area contributed by atoms with Crippen LogP contribution in [0.2, 0.25) is 0 Å². The zero-order valence-electron chi connectivity index (χ0n) is 8.84. The summed E-state index contributed by atoms with van der Waals surface area (Å²) in [5.74, 6) is -1.45. The fraction of sp³-hybridized carbons (Fsp3) is 0.300. The second-order valence-electron chi connectivity index (χ2n) is 3.38. The molecule has 0 amide bonds. The maximum Gasteiger partial charge on any atom is 0.339 e. The van der Waals surface area contributed by atoms with Crippen molar-refractivity contribution in [3.05, 3.63) is 33.9 Å². The van der Waals surface area contributed by atoms with Gasteiger partial charge in [-0.15, -0.1) is 0 Å². The van der Waals surface area contributed by atoms with Crippen LogP contribution in [0.4, 0.5) is 5.69 Å². The van der Waals surface area contributed by atoms with E-state index in [1.807, 2.05) is 0 Å². The summed E-state index contributed by atoms with van der Waals surface area (Å²) >= 11 is 0. The van der Waals surface area contributed by atoms with Gasteiger partial charge in [-0.05, 0) is 19.9 Å². The van der Waals surface area contributed by atoms with Gasteiger partial charge in [0.15, 0.2) is 0 Å². The van der Waals surface area contributed by atoms with Gasteiger partial charge in [-0.1, -0.05) is 6.07 Å². The van der Waals surface area contributed by atoms with Crippen molar-refractivity contribution in [1.82, 2.24) is 0 Å². The second-order valence-corrected chi connectivity index (χ2v) is 3.38. The van der Waals surface area contributed by atoms with Crippen molar-refractivity contribution in [3.63, 3.8) is 0 Å². The monoisotopic (exact) mass is 225 g/mol. The number of nitro groups is 1. The van der Waals surface area contributed by atoms with E-state index in [2.05, 4.69) is 0 Å². The molecular formula is C10H11NO5. The summed E-state index contributed by atoms with van der Waals surface area (Å²) in [4.78, 5) is 20.9. The van der Waals surface area contributed by atoms with Crippen molar-refractivity contribution in [3.8, 4) is 5.75 Å². The van der Waals surface area contributed by atoms with Crippen molar-refractivity contribution in [2.75, 3.05) is 0 Å². The summed E-state index contributed by atoms with van der Waals surface area (Å²) in [5, 5.41) is 19.6. The van der Waals surface area contributed by atoms with E-state index in [9.17, 15) is 14.9 Å². The molecule has 0 unspecified atom stereocenters. The highest BCUT2D eigenvalue weighted by molar-refractivity contribution is 5.92. The van der Waals surface area contributed by atoms with Gasteiger partial charge in [0.2, 0.25) is 5.75 Å². The van der Waals surface area contributed by atoms with Gasteiger partial charge >= 0.3 is 11.7 Å². The Morgan fingerprint density at radius 1 is 1.50 bits per heavy atom. The van der Waals surface area contributed by atoms with Gasteiger partial charge in [-0.3, -0.25) is 10.1 Å². The third kappa shape index (κ3) is 2.47. The number of nitro benzene ring substituents is 1. The molecule has 0 bridgehead atoms. The average Bonchev–Trinajstić information content (AvgIpc) is 2.16. The first-order valence-corrected chi connectivity index (χ1v) is 4.61. The molecule has 0 aliphatic heterocycles. The van der Waals surface area contributed by atoms with Gasteiger partial charge in [0, 0.05) is 6.07 Å². The predicted octanol–water partition coefficient (Wildman–Crippen LogP) is 2.08. The minimum atomic E-state index is -1.25. The Balaban J connectivity index is 3.34. The third-order valence-electron chi connectivity index (χ3n) is 1.77. The summed E-state index contributed by atoms with van der Waals surface area (Å²) in [7, 11) is 0. The number of hydrogen-bond donors (Lipinski definition) is 1. The Kier molecular flexibility index (Phi) is 3.44. The second kappa shape index (κ2) is 4.61. The molecule has 0 aliphatic rings. The first kappa shape index (κ1) is 12.0. The number of hydrogen-bond acceptors (Lipinski definition) is 4. The third-order valence-corrected chi connectivity index (χ3v) is 1.77. The van der Waals surface area contributed by atoms with E-state index in [0.29, 0.717) is 0 Å².